The number of hydrogen-bond acceptors (Lipinski definition) is 8. The summed E-state index contributed by atoms with van der Waals surface area (Å²) in [5, 5.41) is 3.42. The molecule has 6 rings (SSSR count). The molecule has 2 atom stereocenters. The van der Waals surface area contributed by atoms with Crippen molar-refractivity contribution in [3.05, 3.63) is 79.4 Å². The highest BCUT2D eigenvalue weighted by Gasteiger charge is 2.32. The molecule has 208 valence electrons. The van der Waals surface area contributed by atoms with E-state index in [9.17, 15) is 4.79 Å². The van der Waals surface area contributed by atoms with Crippen molar-refractivity contribution in [1.82, 2.24) is 29.4 Å². The minimum Gasteiger partial charge on any atom is -0.457 e. The van der Waals surface area contributed by atoms with Gasteiger partial charge in [-0.2, -0.15) is 0 Å². The summed E-state index contributed by atoms with van der Waals surface area (Å²) in [7, 11) is 1.97. The Morgan fingerprint density at radius 2 is 1.83 bits per heavy atom. The molecule has 10 heteroatoms. The number of rotatable bonds is 6. The van der Waals surface area contributed by atoms with E-state index in [4.69, 9.17) is 9.72 Å². The Bertz CT molecular complexity index is 1770. The molecule has 1 N–H and O–H groups in total. The highest BCUT2D eigenvalue weighted by Crippen LogP contribution is 2.31. The van der Waals surface area contributed by atoms with Gasteiger partial charge >= 0.3 is 0 Å². The van der Waals surface area contributed by atoms with E-state index in [1.54, 1.807) is 6.33 Å². The van der Waals surface area contributed by atoms with Gasteiger partial charge in [-0.15, -0.1) is 0 Å². The zero-order chi connectivity index (χ0) is 28.7. The number of nitrogens with zero attached hydrogens (tertiary/aromatic N) is 7. The lowest BCUT2D eigenvalue weighted by atomic mass is 10.1. The number of anilines is 3. The smallest absolute Gasteiger partial charge is 0.246 e. The maximum atomic E-state index is 12.3. The van der Waals surface area contributed by atoms with Crippen molar-refractivity contribution in [3.63, 3.8) is 0 Å². The second-order valence-corrected chi connectivity index (χ2v) is 10.5. The lowest BCUT2D eigenvalue weighted by molar-refractivity contribution is -0.130. The van der Waals surface area contributed by atoms with Crippen molar-refractivity contribution in [1.29, 1.82) is 0 Å². The van der Waals surface area contributed by atoms with Crippen LogP contribution >= 0.6 is 0 Å². The minimum atomic E-state index is -0.0445. The van der Waals surface area contributed by atoms with Crippen molar-refractivity contribution in [3.8, 4) is 11.5 Å². The van der Waals surface area contributed by atoms with Crippen LogP contribution in [0.25, 0.3) is 22.1 Å². The highest BCUT2D eigenvalue weighted by atomic mass is 16.5. The molecular weight excluding hydrogens is 516 g/mol. The SMILES string of the molecule is C=CC(=O)N1[C@H](C)CN(c2ccc3ncnc(Nc4ccc(Oc5ccc6c(c5)ncn6C)c(C)c4)c3n2)C[C@@H]1C. The standard InChI is InChI=1S/C31H32N8O2/c1-6-29(40)39-20(3)15-38(16-21(39)4)28-12-9-24-30(36-28)31(33-17-32-24)35-22-7-11-27(19(2)13-22)41-23-8-10-26-25(14-23)34-18-37(26)5/h6-14,17-18,20-21H,1,15-16H2,2-5H3,(H,32,33,35)/t20-,21+. The van der Waals surface area contributed by atoms with Gasteiger partial charge in [0.1, 0.15) is 29.2 Å². The van der Waals surface area contributed by atoms with Gasteiger partial charge in [0.25, 0.3) is 0 Å². The van der Waals surface area contributed by atoms with Gasteiger partial charge in [-0.1, -0.05) is 6.58 Å². The molecule has 0 radical (unpaired) electrons. The lowest BCUT2D eigenvalue weighted by Crippen LogP contribution is -2.58. The Labute approximate surface area is 238 Å². The fraction of sp³-hybridized carbons (Fsp3) is 0.258. The number of hydrogen-bond donors (Lipinski definition) is 1. The number of pyridine rings is 1. The number of nitrogens with one attached hydrogen (secondary N) is 1. The summed E-state index contributed by atoms with van der Waals surface area (Å²) in [5.41, 5.74) is 5.20. The van der Waals surface area contributed by atoms with Crippen LogP contribution in [0.4, 0.5) is 17.3 Å². The summed E-state index contributed by atoms with van der Waals surface area (Å²) >= 11 is 0. The molecule has 0 unspecified atom stereocenters. The number of aryl methyl sites for hydroxylation is 2. The van der Waals surface area contributed by atoms with Crippen LogP contribution in [0.2, 0.25) is 0 Å². The zero-order valence-electron chi connectivity index (χ0n) is 23.6. The summed E-state index contributed by atoms with van der Waals surface area (Å²) < 4.78 is 8.16. The first kappa shape index (κ1) is 26.2. The lowest BCUT2D eigenvalue weighted by Gasteiger charge is -2.44. The third-order valence-corrected chi connectivity index (χ3v) is 7.50. The van der Waals surface area contributed by atoms with Crippen LogP contribution in [-0.2, 0) is 11.8 Å². The molecule has 2 aromatic carbocycles. The summed E-state index contributed by atoms with van der Waals surface area (Å²) in [5.74, 6) is 2.89. The molecule has 3 aromatic heterocycles. The summed E-state index contributed by atoms with van der Waals surface area (Å²) in [4.78, 5) is 34.7. The molecule has 0 bridgehead atoms. The van der Waals surface area contributed by atoms with Gasteiger partial charge in [-0.25, -0.2) is 19.9 Å². The molecule has 0 aliphatic carbocycles. The average Bonchev–Trinajstić information content (AvgIpc) is 3.33. The van der Waals surface area contributed by atoms with Crippen molar-refractivity contribution in [2.45, 2.75) is 32.9 Å². The second kappa shape index (κ2) is 10.5. The number of carbonyl (C=O) groups is 1. The predicted octanol–water partition coefficient (Wildman–Crippen LogP) is 5.37. The molecule has 1 amide bonds. The fourth-order valence-corrected chi connectivity index (χ4v) is 5.53. The quantitative estimate of drug-likeness (QED) is 0.283. The van der Waals surface area contributed by atoms with E-state index in [0.29, 0.717) is 24.4 Å². The molecule has 1 fully saturated rings. The van der Waals surface area contributed by atoms with Crippen LogP contribution in [0, 0.1) is 6.92 Å². The van der Waals surface area contributed by atoms with E-state index in [0.717, 1.165) is 45.1 Å². The van der Waals surface area contributed by atoms with Crippen molar-refractivity contribution in [2.75, 3.05) is 23.3 Å². The third-order valence-electron chi connectivity index (χ3n) is 7.50. The minimum absolute atomic E-state index is 0.0287. The van der Waals surface area contributed by atoms with E-state index < -0.39 is 0 Å². The maximum Gasteiger partial charge on any atom is 0.246 e. The first-order valence-electron chi connectivity index (χ1n) is 13.6. The number of carbonyl (C=O) groups excluding carboxylic acids is 1. The number of fused-ring (bicyclic) bond motifs is 2. The average molecular weight is 549 g/mol. The Kier molecular flexibility index (Phi) is 6.74. The van der Waals surface area contributed by atoms with Gasteiger partial charge in [0.2, 0.25) is 5.91 Å². The van der Waals surface area contributed by atoms with Crippen LogP contribution in [0.15, 0.2) is 73.8 Å². The summed E-state index contributed by atoms with van der Waals surface area (Å²) in [6, 6.07) is 15.8. The Balaban J connectivity index is 1.23. The normalized spacial score (nSPS) is 17.2. The first-order chi connectivity index (χ1) is 19.8. The first-order valence-corrected chi connectivity index (χ1v) is 13.6. The fourth-order valence-electron chi connectivity index (χ4n) is 5.53. The van der Waals surface area contributed by atoms with Crippen LogP contribution in [0.5, 0.6) is 11.5 Å². The van der Waals surface area contributed by atoms with E-state index in [1.165, 1.54) is 12.4 Å². The molecule has 10 nitrogen and oxygen atoms in total. The zero-order valence-corrected chi connectivity index (χ0v) is 23.6. The van der Waals surface area contributed by atoms with Gasteiger partial charge in [-0.3, -0.25) is 4.79 Å². The van der Waals surface area contributed by atoms with E-state index in [-0.39, 0.29) is 18.0 Å². The number of amides is 1. The number of piperazine rings is 1. The van der Waals surface area contributed by atoms with Crippen LogP contribution in [0.3, 0.4) is 0 Å². The molecule has 1 saturated heterocycles. The third kappa shape index (κ3) is 5.04. The Morgan fingerprint density at radius 3 is 2.59 bits per heavy atom. The Morgan fingerprint density at radius 1 is 1.02 bits per heavy atom. The molecule has 4 heterocycles. The van der Waals surface area contributed by atoms with Gasteiger partial charge in [0.05, 0.1) is 22.9 Å². The van der Waals surface area contributed by atoms with Gasteiger partial charge in [0, 0.05) is 44.0 Å². The van der Waals surface area contributed by atoms with Crippen molar-refractivity contribution < 1.29 is 9.53 Å². The molecule has 0 spiro atoms. The van der Waals surface area contributed by atoms with E-state index >= 15 is 0 Å². The molecule has 5 aromatic rings. The highest BCUT2D eigenvalue weighted by molar-refractivity contribution is 5.89. The molecule has 0 saturated carbocycles. The number of ether oxygens (including phenoxy) is 1. The predicted molar refractivity (Wildman–Crippen MR) is 161 cm³/mol. The number of aromatic nitrogens is 5. The van der Waals surface area contributed by atoms with E-state index in [1.807, 2.05) is 85.8 Å². The van der Waals surface area contributed by atoms with Gasteiger partial charge in [0.15, 0.2) is 5.82 Å². The van der Waals surface area contributed by atoms with Gasteiger partial charge < -0.3 is 24.4 Å². The van der Waals surface area contributed by atoms with Crippen molar-refractivity contribution >= 4 is 45.3 Å². The maximum absolute atomic E-state index is 12.3. The molecule has 1 aliphatic rings. The second-order valence-electron chi connectivity index (χ2n) is 10.5. The van der Waals surface area contributed by atoms with Crippen LogP contribution in [0.1, 0.15) is 19.4 Å². The summed E-state index contributed by atoms with van der Waals surface area (Å²) in [6.07, 6.45) is 4.71. The number of imidazole rings is 1. The largest absolute Gasteiger partial charge is 0.457 e. The molecule has 1 aliphatic heterocycles. The molecular formula is C31H32N8O2. The molecule has 41 heavy (non-hydrogen) atoms. The van der Waals surface area contributed by atoms with Crippen LogP contribution < -0.4 is 15.0 Å². The Hall–Kier alpha value is -4.99. The monoisotopic (exact) mass is 548 g/mol. The van der Waals surface area contributed by atoms with Gasteiger partial charge in [-0.05, 0) is 74.9 Å². The number of benzene rings is 2. The topological polar surface area (TPSA) is 101 Å². The van der Waals surface area contributed by atoms with Crippen LogP contribution in [-0.4, -0.2) is 60.5 Å². The van der Waals surface area contributed by atoms with Crippen molar-refractivity contribution in [2.24, 2.45) is 7.05 Å². The van der Waals surface area contributed by atoms with E-state index in [2.05, 4.69) is 31.7 Å². The summed E-state index contributed by atoms with van der Waals surface area (Å²) in [6.45, 7) is 11.1.